The number of nitrogens with zero attached hydrogens (tertiary/aromatic N) is 3. The molecular weight excluding hydrogens is 382 g/mol. The fourth-order valence-electron chi connectivity index (χ4n) is 5.52. The highest BCUT2D eigenvalue weighted by atomic mass is 32.2. The predicted octanol–water partition coefficient (Wildman–Crippen LogP) is 3.17. The topological polar surface area (TPSA) is 45.6 Å². The van der Waals surface area contributed by atoms with Crippen LogP contribution in [0.15, 0.2) is 16.9 Å². The summed E-state index contributed by atoms with van der Waals surface area (Å²) in [5.41, 5.74) is 2.21. The minimum absolute atomic E-state index is 0.180. The third-order valence-corrected chi connectivity index (χ3v) is 7.68. The number of likely N-dealkylation sites (tertiary alicyclic amines) is 1. The molecular formula is C23H35N3O2S. The lowest BCUT2D eigenvalue weighted by molar-refractivity contribution is -0.134. The SMILES string of the molecule is CSCCN(C)Cc1ccc2n(c1=O)C[C@H]1C[C@@H]2CN(C(=O)CC2CCCC2)C1. The van der Waals surface area contributed by atoms with Crippen molar-refractivity contribution in [3.8, 4) is 0 Å². The maximum absolute atomic E-state index is 13.2. The molecule has 160 valence electrons. The number of pyridine rings is 1. The van der Waals surface area contributed by atoms with Crippen LogP contribution in [0, 0.1) is 11.8 Å². The van der Waals surface area contributed by atoms with Crippen LogP contribution in [0.1, 0.15) is 55.7 Å². The van der Waals surface area contributed by atoms with Crippen LogP contribution in [0.4, 0.5) is 0 Å². The smallest absolute Gasteiger partial charge is 0.255 e. The molecule has 1 aromatic rings. The average molecular weight is 418 g/mol. The molecule has 2 aliphatic heterocycles. The third-order valence-electron chi connectivity index (χ3n) is 7.09. The molecule has 0 spiro atoms. The second-order valence-corrected chi connectivity index (χ2v) is 10.4. The second kappa shape index (κ2) is 9.25. The molecule has 29 heavy (non-hydrogen) atoms. The van der Waals surface area contributed by atoms with Gasteiger partial charge in [-0.15, -0.1) is 0 Å². The van der Waals surface area contributed by atoms with E-state index in [1.165, 1.54) is 25.7 Å². The van der Waals surface area contributed by atoms with Crippen molar-refractivity contribution in [1.82, 2.24) is 14.4 Å². The fraction of sp³-hybridized carbons (Fsp3) is 0.739. The van der Waals surface area contributed by atoms with Gasteiger partial charge in [-0.1, -0.05) is 18.9 Å². The van der Waals surface area contributed by atoms with Gasteiger partial charge < -0.3 is 14.4 Å². The van der Waals surface area contributed by atoms with Gasteiger partial charge in [-0.25, -0.2) is 0 Å². The van der Waals surface area contributed by atoms with Crippen molar-refractivity contribution in [3.63, 3.8) is 0 Å². The van der Waals surface area contributed by atoms with Gasteiger partial charge in [-0.05, 0) is 50.5 Å². The van der Waals surface area contributed by atoms with Crippen molar-refractivity contribution in [2.75, 3.05) is 38.7 Å². The molecule has 1 aromatic heterocycles. The summed E-state index contributed by atoms with van der Waals surface area (Å²) in [5.74, 6) is 2.75. The van der Waals surface area contributed by atoms with E-state index in [4.69, 9.17) is 0 Å². The standard InChI is InChI=1S/C23H35N3O2S/c1-24(9-10-29-2)15-19-7-8-21-20-11-18(14-26(21)23(19)28)13-25(16-20)22(27)12-17-5-3-4-6-17/h7-8,17-18,20H,3-6,9-16H2,1-2H3/t18-,20+/m0/s1. The summed E-state index contributed by atoms with van der Waals surface area (Å²) in [6.07, 6.45) is 8.97. The van der Waals surface area contributed by atoms with Crippen LogP contribution in [0.3, 0.4) is 0 Å². The van der Waals surface area contributed by atoms with Gasteiger partial charge in [0.1, 0.15) is 0 Å². The predicted molar refractivity (Wildman–Crippen MR) is 119 cm³/mol. The number of aromatic nitrogens is 1. The lowest BCUT2D eigenvalue weighted by atomic mass is 9.82. The molecule has 1 aliphatic carbocycles. The second-order valence-electron chi connectivity index (χ2n) is 9.38. The number of piperidine rings is 1. The summed E-state index contributed by atoms with van der Waals surface area (Å²) in [4.78, 5) is 30.4. The van der Waals surface area contributed by atoms with Gasteiger partial charge in [-0.3, -0.25) is 9.59 Å². The third kappa shape index (κ3) is 4.74. The number of carbonyl (C=O) groups is 1. The molecule has 1 amide bonds. The van der Waals surface area contributed by atoms with Crippen LogP contribution >= 0.6 is 11.8 Å². The largest absolute Gasteiger partial charge is 0.342 e. The molecule has 0 unspecified atom stereocenters. The van der Waals surface area contributed by atoms with E-state index in [9.17, 15) is 9.59 Å². The van der Waals surface area contributed by atoms with Gasteiger partial charge in [0.15, 0.2) is 0 Å². The first-order chi connectivity index (χ1) is 14.0. The van der Waals surface area contributed by atoms with Crippen molar-refractivity contribution in [2.24, 2.45) is 11.8 Å². The zero-order valence-electron chi connectivity index (χ0n) is 17.9. The summed E-state index contributed by atoms with van der Waals surface area (Å²) >= 11 is 1.83. The minimum Gasteiger partial charge on any atom is -0.342 e. The number of rotatable bonds is 7. The van der Waals surface area contributed by atoms with Gasteiger partial charge >= 0.3 is 0 Å². The average Bonchev–Trinajstić information content (AvgIpc) is 3.21. The number of fused-ring (bicyclic) bond motifs is 4. The van der Waals surface area contributed by atoms with Gasteiger partial charge in [0.25, 0.3) is 5.56 Å². The van der Waals surface area contributed by atoms with Crippen LogP contribution in [0.25, 0.3) is 0 Å². The van der Waals surface area contributed by atoms with Crippen molar-refractivity contribution in [1.29, 1.82) is 0 Å². The van der Waals surface area contributed by atoms with E-state index < -0.39 is 0 Å². The molecule has 2 bridgehead atoms. The molecule has 0 N–H and O–H groups in total. The summed E-state index contributed by atoms with van der Waals surface area (Å²) in [7, 11) is 2.09. The first-order valence-corrected chi connectivity index (χ1v) is 12.6. The summed E-state index contributed by atoms with van der Waals surface area (Å²) in [6.45, 7) is 4.08. The van der Waals surface area contributed by atoms with Crippen LogP contribution < -0.4 is 5.56 Å². The number of hydrogen-bond donors (Lipinski definition) is 0. The Morgan fingerprint density at radius 2 is 2.00 bits per heavy atom. The lowest BCUT2D eigenvalue weighted by Gasteiger charge is -2.43. The maximum atomic E-state index is 13.2. The van der Waals surface area contributed by atoms with E-state index in [0.717, 1.165) is 56.0 Å². The van der Waals surface area contributed by atoms with E-state index in [0.29, 0.717) is 30.2 Å². The van der Waals surface area contributed by atoms with E-state index in [1.807, 2.05) is 22.4 Å². The Morgan fingerprint density at radius 3 is 2.76 bits per heavy atom. The zero-order chi connectivity index (χ0) is 20.4. The number of amides is 1. The molecule has 1 saturated carbocycles. The Bertz CT molecular complexity index is 787. The van der Waals surface area contributed by atoms with Crippen molar-refractivity contribution in [2.45, 2.75) is 57.5 Å². The molecule has 5 nitrogen and oxygen atoms in total. The molecule has 2 fully saturated rings. The van der Waals surface area contributed by atoms with E-state index >= 15 is 0 Å². The van der Waals surface area contributed by atoms with Crippen LogP contribution in [0.5, 0.6) is 0 Å². The Balaban J connectivity index is 1.45. The molecule has 1 saturated heterocycles. The van der Waals surface area contributed by atoms with E-state index in [2.05, 4.69) is 29.2 Å². The molecule has 3 aliphatic rings. The van der Waals surface area contributed by atoms with Crippen molar-refractivity contribution >= 4 is 17.7 Å². The molecule has 4 rings (SSSR count). The molecule has 2 atom stereocenters. The quantitative estimate of drug-likeness (QED) is 0.684. The molecule has 0 radical (unpaired) electrons. The van der Waals surface area contributed by atoms with Gasteiger partial charge in [0.2, 0.25) is 5.91 Å². The number of carbonyl (C=O) groups excluding carboxylic acids is 1. The van der Waals surface area contributed by atoms with Gasteiger partial charge in [0, 0.05) is 62.1 Å². The van der Waals surface area contributed by atoms with Crippen molar-refractivity contribution < 1.29 is 4.79 Å². The highest BCUT2D eigenvalue weighted by Gasteiger charge is 2.37. The van der Waals surface area contributed by atoms with E-state index in [1.54, 1.807) is 0 Å². The summed E-state index contributed by atoms with van der Waals surface area (Å²) in [6, 6.07) is 4.19. The van der Waals surface area contributed by atoms with Crippen LogP contribution in [-0.4, -0.2) is 59.0 Å². The minimum atomic E-state index is 0.180. The first-order valence-electron chi connectivity index (χ1n) is 11.2. The molecule has 3 heterocycles. The normalized spacial score (nSPS) is 24.2. The van der Waals surface area contributed by atoms with E-state index in [-0.39, 0.29) is 5.56 Å². The lowest BCUT2D eigenvalue weighted by Crippen LogP contribution is -2.49. The highest BCUT2D eigenvalue weighted by molar-refractivity contribution is 7.98. The van der Waals surface area contributed by atoms with Gasteiger partial charge in [-0.2, -0.15) is 11.8 Å². The zero-order valence-corrected chi connectivity index (χ0v) is 18.8. The maximum Gasteiger partial charge on any atom is 0.255 e. The Morgan fingerprint density at radius 1 is 1.21 bits per heavy atom. The highest BCUT2D eigenvalue weighted by Crippen LogP contribution is 2.36. The number of hydrogen-bond acceptors (Lipinski definition) is 4. The first kappa shape index (κ1) is 21.0. The Labute approximate surface area is 178 Å². The monoisotopic (exact) mass is 417 g/mol. The fourth-order valence-corrected chi connectivity index (χ4v) is 6.02. The molecule has 6 heteroatoms. The number of thioether (sulfide) groups is 1. The summed E-state index contributed by atoms with van der Waals surface area (Å²) in [5, 5.41) is 0. The Kier molecular flexibility index (Phi) is 6.69. The van der Waals surface area contributed by atoms with Crippen LogP contribution in [0.2, 0.25) is 0 Å². The van der Waals surface area contributed by atoms with Crippen LogP contribution in [-0.2, 0) is 17.9 Å². The molecule has 0 aromatic carbocycles. The summed E-state index contributed by atoms with van der Waals surface area (Å²) < 4.78 is 2.02. The van der Waals surface area contributed by atoms with Crippen molar-refractivity contribution in [3.05, 3.63) is 33.7 Å². The van der Waals surface area contributed by atoms with Gasteiger partial charge in [0.05, 0.1) is 0 Å². The Hall–Kier alpha value is -1.27.